The molecule has 1 aliphatic carbocycles. The molecule has 1 N–H and O–H groups in total. The molecule has 2 aliphatic rings. The summed E-state index contributed by atoms with van der Waals surface area (Å²) in [5, 5.41) is 3.85. The maximum Gasteiger partial charge on any atom is 0.0338 e. The van der Waals surface area contributed by atoms with Gasteiger partial charge in [-0.25, -0.2) is 0 Å². The minimum absolute atomic E-state index is 0.416. The van der Waals surface area contributed by atoms with Gasteiger partial charge in [-0.1, -0.05) is 63.4 Å². The fourth-order valence-electron chi connectivity index (χ4n) is 4.11. The van der Waals surface area contributed by atoms with Crippen molar-refractivity contribution in [3.63, 3.8) is 0 Å². The molecule has 1 unspecified atom stereocenters. The number of piperazine rings is 1. The van der Waals surface area contributed by atoms with Crippen LogP contribution in [0.1, 0.15) is 51.5 Å². The summed E-state index contributed by atoms with van der Waals surface area (Å²) in [6.07, 6.45) is 6.97. The van der Waals surface area contributed by atoms with E-state index in [2.05, 4.69) is 54.4 Å². The molecule has 0 aromatic heterocycles. The molecule has 21 heavy (non-hydrogen) atoms. The van der Waals surface area contributed by atoms with Gasteiger partial charge in [-0.05, 0) is 24.3 Å². The Morgan fingerprint density at radius 2 is 1.86 bits per heavy atom. The summed E-state index contributed by atoms with van der Waals surface area (Å²) in [6, 6.07) is 11.7. The van der Waals surface area contributed by atoms with Crippen LogP contribution in [0.5, 0.6) is 0 Å². The van der Waals surface area contributed by atoms with Gasteiger partial charge in [0.15, 0.2) is 0 Å². The van der Waals surface area contributed by atoms with Crippen LogP contribution in [0.3, 0.4) is 0 Å². The zero-order valence-electron chi connectivity index (χ0n) is 13.6. The van der Waals surface area contributed by atoms with Gasteiger partial charge in [-0.3, -0.25) is 4.90 Å². The molecule has 0 radical (unpaired) electrons. The number of hydrogen-bond donors (Lipinski definition) is 1. The summed E-state index contributed by atoms with van der Waals surface area (Å²) in [7, 11) is 0. The lowest BCUT2D eigenvalue weighted by Crippen LogP contribution is -2.65. The fraction of sp³-hybridized carbons (Fsp3) is 0.684. The highest BCUT2D eigenvalue weighted by atomic mass is 15.3. The van der Waals surface area contributed by atoms with E-state index in [0.717, 1.165) is 6.54 Å². The molecule has 2 fully saturated rings. The first-order valence-corrected chi connectivity index (χ1v) is 8.72. The molecule has 1 aliphatic heterocycles. The van der Waals surface area contributed by atoms with Crippen LogP contribution in [-0.4, -0.2) is 29.6 Å². The van der Waals surface area contributed by atoms with Crippen LogP contribution in [0.4, 0.5) is 0 Å². The van der Waals surface area contributed by atoms with Crippen molar-refractivity contribution in [2.75, 3.05) is 13.1 Å². The van der Waals surface area contributed by atoms with Crippen LogP contribution >= 0.6 is 0 Å². The summed E-state index contributed by atoms with van der Waals surface area (Å²) in [5.41, 5.74) is 1.88. The van der Waals surface area contributed by atoms with Crippen LogP contribution in [0.25, 0.3) is 0 Å². The van der Waals surface area contributed by atoms with Crippen LogP contribution in [0.15, 0.2) is 30.3 Å². The number of rotatable bonds is 3. The zero-order valence-corrected chi connectivity index (χ0v) is 13.6. The third-order valence-electron chi connectivity index (χ3n) is 5.59. The van der Waals surface area contributed by atoms with Gasteiger partial charge >= 0.3 is 0 Å². The normalized spacial score (nSPS) is 26.3. The van der Waals surface area contributed by atoms with Crippen molar-refractivity contribution in [3.05, 3.63) is 35.9 Å². The van der Waals surface area contributed by atoms with E-state index in [1.54, 1.807) is 0 Å². The topological polar surface area (TPSA) is 15.3 Å². The summed E-state index contributed by atoms with van der Waals surface area (Å²) >= 11 is 0. The molecule has 116 valence electrons. The Hall–Kier alpha value is -0.860. The maximum atomic E-state index is 3.85. The number of benzene rings is 1. The minimum Gasteiger partial charge on any atom is -0.311 e. The zero-order chi connectivity index (χ0) is 14.7. The lowest BCUT2D eigenvalue weighted by Gasteiger charge is -2.53. The molecular weight excluding hydrogens is 256 g/mol. The SMILES string of the molecule is CC(C)C1CN(Cc2ccccc2)C2(CCCCC2)CN1. The molecule has 1 spiro atoms. The van der Waals surface area contributed by atoms with E-state index in [-0.39, 0.29) is 0 Å². The molecule has 1 aromatic rings. The van der Waals surface area contributed by atoms with Crippen LogP contribution in [0.2, 0.25) is 0 Å². The molecule has 1 aromatic carbocycles. The first kappa shape index (κ1) is 15.1. The molecule has 1 saturated carbocycles. The highest BCUT2D eigenvalue weighted by Gasteiger charge is 2.42. The third-order valence-corrected chi connectivity index (χ3v) is 5.59. The molecule has 1 saturated heterocycles. The van der Waals surface area contributed by atoms with Crippen molar-refractivity contribution in [2.45, 2.75) is 64.1 Å². The summed E-state index contributed by atoms with van der Waals surface area (Å²) in [6.45, 7) is 8.19. The number of nitrogens with zero attached hydrogens (tertiary/aromatic N) is 1. The first-order chi connectivity index (χ1) is 10.2. The lowest BCUT2D eigenvalue weighted by molar-refractivity contribution is -0.00421. The van der Waals surface area contributed by atoms with Gasteiger partial charge in [0.2, 0.25) is 0 Å². The average molecular weight is 286 g/mol. The molecule has 1 atom stereocenters. The minimum atomic E-state index is 0.416. The van der Waals surface area contributed by atoms with Crippen molar-refractivity contribution in [2.24, 2.45) is 5.92 Å². The van der Waals surface area contributed by atoms with Crippen molar-refractivity contribution >= 4 is 0 Å². The van der Waals surface area contributed by atoms with E-state index >= 15 is 0 Å². The van der Waals surface area contributed by atoms with E-state index < -0.39 is 0 Å². The predicted molar refractivity (Wildman–Crippen MR) is 89.3 cm³/mol. The van der Waals surface area contributed by atoms with Gasteiger partial charge in [0, 0.05) is 31.2 Å². The van der Waals surface area contributed by atoms with E-state index in [4.69, 9.17) is 0 Å². The Kier molecular flexibility index (Phi) is 4.66. The Balaban J connectivity index is 1.78. The molecule has 2 nitrogen and oxygen atoms in total. The Morgan fingerprint density at radius 1 is 1.14 bits per heavy atom. The molecule has 3 rings (SSSR count). The van der Waals surface area contributed by atoms with Gasteiger partial charge in [0.1, 0.15) is 0 Å². The first-order valence-electron chi connectivity index (χ1n) is 8.72. The Bertz CT molecular complexity index is 434. The summed E-state index contributed by atoms with van der Waals surface area (Å²) in [5.74, 6) is 0.712. The molecule has 0 bridgehead atoms. The summed E-state index contributed by atoms with van der Waals surface area (Å²) < 4.78 is 0. The predicted octanol–water partition coefficient (Wildman–Crippen LogP) is 3.82. The van der Waals surface area contributed by atoms with Crippen LogP contribution in [-0.2, 0) is 6.54 Å². The molecule has 1 heterocycles. The van der Waals surface area contributed by atoms with Crippen LogP contribution < -0.4 is 5.32 Å². The monoisotopic (exact) mass is 286 g/mol. The fourth-order valence-corrected chi connectivity index (χ4v) is 4.11. The average Bonchev–Trinajstić information content (AvgIpc) is 2.51. The standard InChI is InChI=1S/C19H30N2/c1-16(2)18-14-21(13-17-9-5-3-6-10-17)19(15-20-18)11-7-4-8-12-19/h3,5-6,9-10,16,18,20H,4,7-8,11-15H2,1-2H3. The number of nitrogens with one attached hydrogen (secondary N) is 1. The maximum absolute atomic E-state index is 3.85. The van der Waals surface area contributed by atoms with E-state index in [1.807, 2.05) is 0 Å². The van der Waals surface area contributed by atoms with Gasteiger partial charge in [-0.15, -0.1) is 0 Å². The Morgan fingerprint density at radius 3 is 2.52 bits per heavy atom. The number of hydrogen-bond acceptors (Lipinski definition) is 2. The van der Waals surface area contributed by atoms with Crippen LogP contribution in [0, 0.1) is 5.92 Å². The second kappa shape index (κ2) is 6.50. The van der Waals surface area contributed by atoms with Gasteiger partial charge in [0.05, 0.1) is 0 Å². The molecule has 0 amide bonds. The highest BCUT2D eigenvalue weighted by molar-refractivity contribution is 5.16. The smallest absolute Gasteiger partial charge is 0.0338 e. The lowest BCUT2D eigenvalue weighted by atomic mass is 9.77. The second-order valence-electron chi connectivity index (χ2n) is 7.38. The van der Waals surface area contributed by atoms with Gasteiger partial charge in [0.25, 0.3) is 0 Å². The summed E-state index contributed by atoms with van der Waals surface area (Å²) in [4.78, 5) is 2.81. The van der Waals surface area contributed by atoms with Crippen molar-refractivity contribution in [1.29, 1.82) is 0 Å². The van der Waals surface area contributed by atoms with Gasteiger partial charge in [-0.2, -0.15) is 0 Å². The molecular formula is C19H30N2. The second-order valence-corrected chi connectivity index (χ2v) is 7.38. The third kappa shape index (κ3) is 3.32. The quantitative estimate of drug-likeness (QED) is 0.908. The Labute approximate surface area is 129 Å². The van der Waals surface area contributed by atoms with E-state index in [9.17, 15) is 0 Å². The molecule has 2 heteroatoms. The largest absolute Gasteiger partial charge is 0.311 e. The van der Waals surface area contributed by atoms with Crippen molar-refractivity contribution in [3.8, 4) is 0 Å². The van der Waals surface area contributed by atoms with E-state index in [0.29, 0.717) is 17.5 Å². The van der Waals surface area contributed by atoms with Gasteiger partial charge < -0.3 is 5.32 Å². The van der Waals surface area contributed by atoms with Crippen molar-refractivity contribution < 1.29 is 0 Å². The van der Waals surface area contributed by atoms with E-state index in [1.165, 1.54) is 50.8 Å². The highest BCUT2D eigenvalue weighted by Crippen LogP contribution is 2.37. The van der Waals surface area contributed by atoms with Crippen molar-refractivity contribution in [1.82, 2.24) is 10.2 Å².